The zero-order chi connectivity index (χ0) is 13.8. The maximum atomic E-state index is 4.65. The third kappa shape index (κ3) is 8.37. The number of rotatable bonds is 7. The van der Waals surface area contributed by atoms with Crippen molar-refractivity contribution in [1.29, 1.82) is 0 Å². The summed E-state index contributed by atoms with van der Waals surface area (Å²) in [5.41, 5.74) is 0. The van der Waals surface area contributed by atoms with Crippen LogP contribution >= 0.6 is 11.8 Å². The summed E-state index contributed by atoms with van der Waals surface area (Å²) in [6.45, 7) is 8.53. The molecular formula is C14H30N4S. The SMILES string of the molecule is CCNC(=NCCN1CCCCCC1)NCCSC. The Morgan fingerprint density at radius 2 is 1.89 bits per heavy atom. The lowest BCUT2D eigenvalue weighted by molar-refractivity contribution is 0.293. The van der Waals surface area contributed by atoms with Crippen LogP contribution in [0.1, 0.15) is 32.6 Å². The molecule has 0 amide bonds. The predicted octanol–water partition coefficient (Wildman–Crippen LogP) is 1.78. The van der Waals surface area contributed by atoms with Gasteiger partial charge in [-0.15, -0.1) is 0 Å². The highest BCUT2D eigenvalue weighted by Gasteiger charge is 2.07. The van der Waals surface area contributed by atoms with Gasteiger partial charge in [0.15, 0.2) is 5.96 Å². The normalized spacial score (nSPS) is 18.1. The van der Waals surface area contributed by atoms with Crippen molar-refractivity contribution in [3.63, 3.8) is 0 Å². The summed E-state index contributed by atoms with van der Waals surface area (Å²) in [5.74, 6) is 2.09. The van der Waals surface area contributed by atoms with Gasteiger partial charge in [-0.25, -0.2) is 0 Å². The van der Waals surface area contributed by atoms with E-state index in [0.29, 0.717) is 0 Å². The smallest absolute Gasteiger partial charge is 0.191 e. The van der Waals surface area contributed by atoms with Crippen LogP contribution in [-0.2, 0) is 0 Å². The van der Waals surface area contributed by atoms with Gasteiger partial charge in [0.2, 0.25) is 0 Å². The van der Waals surface area contributed by atoms with Gasteiger partial charge >= 0.3 is 0 Å². The quantitative estimate of drug-likeness (QED) is 0.425. The molecule has 0 radical (unpaired) electrons. The predicted molar refractivity (Wildman–Crippen MR) is 87.3 cm³/mol. The molecule has 0 atom stereocenters. The minimum atomic E-state index is 0.897. The van der Waals surface area contributed by atoms with Crippen LogP contribution in [0.15, 0.2) is 4.99 Å². The van der Waals surface area contributed by atoms with Gasteiger partial charge in [0.25, 0.3) is 0 Å². The first kappa shape index (κ1) is 16.6. The average molecular weight is 286 g/mol. The molecule has 1 aliphatic rings. The standard InChI is InChI=1S/C14H30N4S/c1-3-15-14(17-9-13-19-2)16-8-12-18-10-6-4-5-7-11-18/h3-13H2,1-2H3,(H2,15,16,17). The van der Waals surface area contributed by atoms with Crippen LogP contribution in [0.5, 0.6) is 0 Å². The minimum Gasteiger partial charge on any atom is -0.357 e. The fraction of sp³-hybridized carbons (Fsp3) is 0.929. The summed E-state index contributed by atoms with van der Waals surface area (Å²) in [6, 6.07) is 0. The maximum Gasteiger partial charge on any atom is 0.191 e. The first-order valence-corrected chi connectivity index (χ1v) is 8.99. The van der Waals surface area contributed by atoms with Crippen LogP contribution in [0.2, 0.25) is 0 Å². The van der Waals surface area contributed by atoms with E-state index in [-0.39, 0.29) is 0 Å². The second kappa shape index (κ2) is 11.4. The third-order valence-electron chi connectivity index (χ3n) is 3.33. The van der Waals surface area contributed by atoms with Crippen molar-refractivity contribution >= 4 is 17.7 Å². The van der Waals surface area contributed by atoms with E-state index in [1.54, 1.807) is 0 Å². The molecule has 1 saturated heterocycles. The molecule has 0 bridgehead atoms. The second-order valence-corrected chi connectivity index (χ2v) is 5.92. The number of hydrogen-bond acceptors (Lipinski definition) is 3. The zero-order valence-corrected chi connectivity index (χ0v) is 13.4. The van der Waals surface area contributed by atoms with Gasteiger partial charge in [0.1, 0.15) is 0 Å². The molecule has 4 nitrogen and oxygen atoms in total. The van der Waals surface area contributed by atoms with Gasteiger partial charge < -0.3 is 15.5 Å². The second-order valence-electron chi connectivity index (χ2n) is 4.94. The largest absolute Gasteiger partial charge is 0.357 e. The Morgan fingerprint density at radius 1 is 1.16 bits per heavy atom. The zero-order valence-electron chi connectivity index (χ0n) is 12.6. The first-order chi connectivity index (χ1) is 9.36. The molecule has 1 fully saturated rings. The molecule has 0 aromatic rings. The lowest BCUT2D eigenvalue weighted by Gasteiger charge is -2.18. The van der Waals surface area contributed by atoms with Gasteiger partial charge in [0, 0.05) is 25.4 Å². The fourth-order valence-corrected chi connectivity index (χ4v) is 2.58. The number of guanidine groups is 1. The number of nitrogens with one attached hydrogen (secondary N) is 2. The van der Waals surface area contributed by atoms with Crippen molar-refractivity contribution in [1.82, 2.24) is 15.5 Å². The van der Waals surface area contributed by atoms with Gasteiger partial charge in [-0.2, -0.15) is 11.8 Å². The lowest BCUT2D eigenvalue weighted by Crippen LogP contribution is -2.39. The molecule has 2 N–H and O–H groups in total. The number of nitrogens with zero attached hydrogens (tertiary/aromatic N) is 2. The van der Waals surface area contributed by atoms with E-state index < -0.39 is 0 Å². The van der Waals surface area contributed by atoms with Crippen molar-refractivity contribution < 1.29 is 0 Å². The molecule has 0 saturated carbocycles. The maximum absolute atomic E-state index is 4.65. The summed E-state index contributed by atoms with van der Waals surface area (Å²) in [4.78, 5) is 7.21. The molecule has 1 heterocycles. The first-order valence-electron chi connectivity index (χ1n) is 7.60. The molecule has 1 rings (SSSR count). The van der Waals surface area contributed by atoms with E-state index in [2.05, 4.69) is 33.7 Å². The molecule has 5 heteroatoms. The Kier molecular flexibility index (Phi) is 9.99. The number of likely N-dealkylation sites (tertiary alicyclic amines) is 1. The van der Waals surface area contributed by atoms with Gasteiger partial charge in [0.05, 0.1) is 6.54 Å². The van der Waals surface area contributed by atoms with E-state index >= 15 is 0 Å². The molecule has 0 aromatic carbocycles. The minimum absolute atomic E-state index is 0.897. The molecule has 0 unspecified atom stereocenters. The van der Waals surface area contributed by atoms with Gasteiger partial charge in [-0.05, 0) is 39.1 Å². The van der Waals surface area contributed by atoms with Crippen LogP contribution in [0.3, 0.4) is 0 Å². The van der Waals surface area contributed by atoms with E-state index in [0.717, 1.165) is 37.9 Å². The van der Waals surface area contributed by atoms with Crippen LogP contribution in [0.4, 0.5) is 0 Å². The van der Waals surface area contributed by atoms with Crippen LogP contribution < -0.4 is 10.6 Å². The highest BCUT2D eigenvalue weighted by atomic mass is 32.2. The van der Waals surface area contributed by atoms with E-state index in [1.165, 1.54) is 38.8 Å². The molecule has 112 valence electrons. The molecular weight excluding hydrogens is 256 g/mol. The Morgan fingerprint density at radius 3 is 2.53 bits per heavy atom. The highest BCUT2D eigenvalue weighted by Crippen LogP contribution is 2.08. The van der Waals surface area contributed by atoms with Crippen molar-refractivity contribution in [3.05, 3.63) is 0 Å². The summed E-state index contributed by atoms with van der Waals surface area (Å²) in [7, 11) is 0. The van der Waals surface area contributed by atoms with Crippen LogP contribution in [0, 0.1) is 0 Å². The van der Waals surface area contributed by atoms with E-state index in [4.69, 9.17) is 0 Å². The third-order valence-corrected chi connectivity index (χ3v) is 3.94. The Bertz CT molecular complexity index is 238. The average Bonchev–Trinajstić information content (AvgIpc) is 2.68. The highest BCUT2D eigenvalue weighted by molar-refractivity contribution is 7.98. The van der Waals surface area contributed by atoms with Crippen molar-refractivity contribution in [2.45, 2.75) is 32.6 Å². The van der Waals surface area contributed by atoms with E-state index in [1.807, 2.05) is 11.8 Å². The van der Waals surface area contributed by atoms with Crippen molar-refractivity contribution in [2.24, 2.45) is 4.99 Å². The molecule has 0 spiro atoms. The topological polar surface area (TPSA) is 39.7 Å². The molecule has 0 aromatic heterocycles. The van der Waals surface area contributed by atoms with Gasteiger partial charge in [-0.3, -0.25) is 4.99 Å². The summed E-state index contributed by atoms with van der Waals surface area (Å²) in [6.07, 6.45) is 7.65. The monoisotopic (exact) mass is 286 g/mol. The Balaban J connectivity index is 2.24. The Labute approximate surface area is 122 Å². The van der Waals surface area contributed by atoms with Crippen LogP contribution in [0.25, 0.3) is 0 Å². The van der Waals surface area contributed by atoms with Crippen molar-refractivity contribution in [3.8, 4) is 0 Å². The van der Waals surface area contributed by atoms with E-state index in [9.17, 15) is 0 Å². The summed E-state index contributed by atoms with van der Waals surface area (Å²) >= 11 is 1.86. The summed E-state index contributed by atoms with van der Waals surface area (Å²) < 4.78 is 0. The molecule has 1 aliphatic heterocycles. The number of aliphatic imine (C=N–C) groups is 1. The lowest BCUT2D eigenvalue weighted by atomic mass is 10.2. The summed E-state index contributed by atoms with van der Waals surface area (Å²) in [5, 5.41) is 6.67. The van der Waals surface area contributed by atoms with Gasteiger partial charge in [-0.1, -0.05) is 12.8 Å². The fourth-order valence-electron chi connectivity index (χ4n) is 2.28. The molecule has 19 heavy (non-hydrogen) atoms. The number of thioether (sulfide) groups is 1. The van der Waals surface area contributed by atoms with Crippen LogP contribution in [-0.4, -0.2) is 62.1 Å². The Hall–Kier alpha value is -0.420. The van der Waals surface area contributed by atoms with Crippen molar-refractivity contribution in [2.75, 3.05) is 51.3 Å². The molecule has 0 aliphatic carbocycles. The number of hydrogen-bond donors (Lipinski definition) is 2.